The Morgan fingerprint density at radius 3 is 2.83 bits per heavy atom. The SMILES string of the molecule is CCNC(CC)c1nnc(-c2ncccc2C)s1. The second-order valence-corrected chi connectivity index (χ2v) is 5.14. The van der Waals surface area contributed by atoms with Gasteiger partial charge in [-0.3, -0.25) is 4.98 Å². The van der Waals surface area contributed by atoms with Crippen molar-refractivity contribution in [1.82, 2.24) is 20.5 Å². The summed E-state index contributed by atoms with van der Waals surface area (Å²) < 4.78 is 0. The minimum Gasteiger partial charge on any atom is -0.308 e. The molecule has 5 heteroatoms. The fraction of sp³-hybridized carbons (Fsp3) is 0.462. The van der Waals surface area contributed by atoms with Gasteiger partial charge in [-0.05, 0) is 31.5 Å². The lowest BCUT2D eigenvalue weighted by Crippen LogP contribution is -2.19. The summed E-state index contributed by atoms with van der Waals surface area (Å²) in [5.74, 6) is 0. The number of aryl methyl sites for hydroxylation is 1. The number of hydrogen-bond acceptors (Lipinski definition) is 5. The quantitative estimate of drug-likeness (QED) is 0.900. The Morgan fingerprint density at radius 2 is 2.17 bits per heavy atom. The van der Waals surface area contributed by atoms with Crippen molar-refractivity contribution in [2.75, 3.05) is 6.54 Å². The third-order valence-electron chi connectivity index (χ3n) is 2.81. The van der Waals surface area contributed by atoms with E-state index in [9.17, 15) is 0 Å². The van der Waals surface area contributed by atoms with E-state index >= 15 is 0 Å². The van der Waals surface area contributed by atoms with Crippen molar-refractivity contribution in [3.63, 3.8) is 0 Å². The molecule has 4 nitrogen and oxygen atoms in total. The standard InChI is InChI=1S/C13H18N4S/c1-4-10(14-5-2)12-16-17-13(18-12)11-9(3)7-6-8-15-11/h6-8,10,14H,4-5H2,1-3H3. The molecular formula is C13H18N4S. The van der Waals surface area contributed by atoms with E-state index < -0.39 is 0 Å². The molecule has 0 aliphatic heterocycles. The van der Waals surface area contributed by atoms with E-state index in [1.807, 2.05) is 19.1 Å². The highest BCUT2D eigenvalue weighted by Crippen LogP contribution is 2.28. The third-order valence-corrected chi connectivity index (χ3v) is 3.85. The highest BCUT2D eigenvalue weighted by molar-refractivity contribution is 7.14. The molecule has 1 unspecified atom stereocenters. The predicted octanol–water partition coefficient (Wildman–Crippen LogP) is 2.97. The van der Waals surface area contributed by atoms with Crippen LogP contribution in [0.25, 0.3) is 10.7 Å². The summed E-state index contributed by atoms with van der Waals surface area (Å²) in [6, 6.07) is 4.28. The van der Waals surface area contributed by atoms with Gasteiger partial charge in [-0.15, -0.1) is 10.2 Å². The van der Waals surface area contributed by atoms with Gasteiger partial charge in [-0.25, -0.2) is 0 Å². The summed E-state index contributed by atoms with van der Waals surface area (Å²) in [5, 5.41) is 13.9. The number of rotatable bonds is 5. The Balaban J connectivity index is 2.28. The molecule has 2 aromatic rings. The van der Waals surface area contributed by atoms with Crippen LogP contribution in [-0.2, 0) is 0 Å². The Kier molecular flexibility index (Phi) is 4.38. The molecule has 0 radical (unpaired) electrons. The molecule has 0 aliphatic rings. The first-order valence-electron chi connectivity index (χ1n) is 6.25. The maximum absolute atomic E-state index is 4.38. The van der Waals surface area contributed by atoms with Crippen LogP contribution in [0.2, 0.25) is 0 Å². The van der Waals surface area contributed by atoms with Crippen LogP contribution in [0.3, 0.4) is 0 Å². The zero-order chi connectivity index (χ0) is 13.0. The predicted molar refractivity (Wildman–Crippen MR) is 74.6 cm³/mol. The lowest BCUT2D eigenvalue weighted by Gasteiger charge is -2.10. The van der Waals surface area contributed by atoms with Crippen LogP contribution in [0, 0.1) is 6.92 Å². The molecule has 0 saturated carbocycles. The molecule has 2 rings (SSSR count). The van der Waals surface area contributed by atoms with Crippen molar-refractivity contribution in [1.29, 1.82) is 0 Å². The molecule has 2 aromatic heterocycles. The zero-order valence-corrected chi connectivity index (χ0v) is 11.8. The molecule has 0 aromatic carbocycles. The number of pyridine rings is 1. The van der Waals surface area contributed by atoms with E-state index in [-0.39, 0.29) is 0 Å². The topological polar surface area (TPSA) is 50.7 Å². The molecule has 1 N–H and O–H groups in total. The number of nitrogens with zero attached hydrogens (tertiary/aromatic N) is 3. The van der Waals surface area contributed by atoms with Crippen LogP contribution < -0.4 is 5.32 Å². The summed E-state index contributed by atoms with van der Waals surface area (Å²) in [4.78, 5) is 4.38. The molecule has 0 amide bonds. The van der Waals surface area contributed by atoms with Crippen molar-refractivity contribution in [2.24, 2.45) is 0 Å². The lowest BCUT2D eigenvalue weighted by molar-refractivity contribution is 0.531. The van der Waals surface area contributed by atoms with Gasteiger partial charge in [0.1, 0.15) is 10.7 Å². The maximum atomic E-state index is 4.38. The van der Waals surface area contributed by atoms with Crippen LogP contribution in [0.4, 0.5) is 0 Å². The van der Waals surface area contributed by atoms with Crippen LogP contribution in [0.5, 0.6) is 0 Å². The second-order valence-electron chi connectivity index (χ2n) is 4.13. The van der Waals surface area contributed by atoms with Gasteiger partial charge in [0, 0.05) is 6.20 Å². The summed E-state index contributed by atoms with van der Waals surface area (Å²) in [6.07, 6.45) is 2.81. The van der Waals surface area contributed by atoms with Gasteiger partial charge in [0.05, 0.1) is 6.04 Å². The highest BCUT2D eigenvalue weighted by atomic mass is 32.1. The van der Waals surface area contributed by atoms with Crippen molar-refractivity contribution < 1.29 is 0 Å². The molecule has 18 heavy (non-hydrogen) atoms. The van der Waals surface area contributed by atoms with Crippen molar-refractivity contribution in [3.8, 4) is 10.7 Å². The zero-order valence-electron chi connectivity index (χ0n) is 11.0. The van der Waals surface area contributed by atoms with E-state index in [2.05, 4.69) is 34.3 Å². The summed E-state index contributed by atoms with van der Waals surface area (Å²) >= 11 is 1.63. The molecule has 0 spiro atoms. The summed E-state index contributed by atoms with van der Waals surface area (Å²) in [7, 11) is 0. The van der Waals surface area contributed by atoms with E-state index in [0.717, 1.165) is 34.2 Å². The molecule has 0 saturated heterocycles. The highest BCUT2D eigenvalue weighted by Gasteiger charge is 2.16. The van der Waals surface area contributed by atoms with Gasteiger partial charge < -0.3 is 5.32 Å². The minimum absolute atomic E-state index is 0.297. The molecule has 96 valence electrons. The number of nitrogens with one attached hydrogen (secondary N) is 1. The maximum Gasteiger partial charge on any atom is 0.166 e. The summed E-state index contributed by atoms with van der Waals surface area (Å²) in [5.41, 5.74) is 2.07. The second kappa shape index (κ2) is 6.02. The van der Waals surface area contributed by atoms with Crippen molar-refractivity contribution >= 4 is 11.3 Å². The first-order valence-corrected chi connectivity index (χ1v) is 7.06. The van der Waals surface area contributed by atoms with Crippen molar-refractivity contribution in [3.05, 3.63) is 28.9 Å². The van der Waals surface area contributed by atoms with Gasteiger partial charge in [0.15, 0.2) is 5.01 Å². The van der Waals surface area contributed by atoms with Crippen molar-refractivity contribution in [2.45, 2.75) is 33.2 Å². The molecule has 1 atom stereocenters. The fourth-order valence-electron chi connectivity index (χ4n) is 1.83. The largest absolute Gasteiger partial charge is 0.308 e. The Labute approximate surface area is 111 Å². The Hall–Kier alpha value is -1.33. The smallest absolute Gasteiger partial charge is 0.166 e. The monoisotopic (exact) mass is 262 g/mol. The normalized spacial score (nSPS) is 12.6. The Bertz CT molecular complexity index is 509. The van der Waals surface area contributed by atoms with Crippen LogP contribution in [-0.4, -0.2) is 21.7 Å². The van der Waals surface area contributed by atoms with Gasteiger partial charge in [0.2, 0.25) is 0 Å². The van der Waals surface area contributed by atoms with E-state index in [0.29, 0.717) is 6.04 Å². The van der Waals surface area contributed by atoms with Gasteiger partial charge in [-0.2, -0.15) is 0 Å². The van der Waals surface area contributed by atoms with Crippen LogP contribution in [0.15, 0.2) is 18.3 Å². The number of hydrogen-bond donors (Lipinski definition) is 1. The van der Waals surface area contributed by atoms with Gasteiger partial charge in [-0.1, -0.05) is 31.3 Å². The first kappa shape index (κ1) is 13.1. The first-order chi connectivity index (χ1) is 8.76. The molecule has 2 heterocycles. The molecule has 0 aliphatic carbocycles. The average molecular weight is 262 g/mol. The Morgan fingerprint density at radius 1 is 1.33 bits per heavy atom. The van der Waals surface area contributed by atoms with Gasteiger partial charge in [0.25, 0.3) is 0 Å². The van der Waals surface area contributed by atoms with Crippen LogP contribution >= 0.6 is 11.3 Å². The van der Waals surface area contributed by atoms with Gasteiger partial charge >= 0.3 is 0 Å². The molecule has 0 bridgehead atoms. The fourth-order valence-corrected chi connectivity index (χ4v) is 2.90. The number of aromatic nitrogens is 3. The molecular weight excluding hydrogens is 244 g/mol. The average Bonchev–Trinajstić information content (AvgIpc) is 2.85. The summed E-state index contributed by atoms with van der Waals surface area (Å²) in [6.45, 7) is 7.25. The van der Waals surface area contributed by atoms with E-state index in [4.69, 9.17) is 0 Å². The molecule has 0 fully saturated rings. The lowest BCUT2D eigenvalue weighted by atomic mass is 10.2. The third kappa shape index (κ3) is 2.73. The van der Waals surface area contributed by atoms with E-state index in [1.165, 1.54) is 0 Å². The minimum atomic E-state index is 0.297. The van der Waals surface area contributed by atoms with E-state index in [1.54, 1.807) is 17.5 Å². The van der Waals surface area contributed by atoms with Crippen LogP contribution in [0.1, 0.15) is 36.9 Å².